The molecule has 1 heterocycles. The lowest BCUT2D eigenvalue weighted by molar-refractivity contribution is 0.0526. The molecule has 0 saturated heterocycles. The van der Waals surface area contributed by atoms with Crippen molar-refractivity contribution >= 4 is 39.6 Å². The zero-order chi connectivity index (χ0) is 17.0. The highest BCUT2D eigenvalue weighted by molar-refractivity contribution is 7.80. The van der Waals surface area contributed by atoms with Gasteiger partial charge in [0.2, 0.25) is 0 Å². The van der Waals surface area contributed by atoms with Crippen LogP contribution in [0, 0.1) is 0 Å². The monoisotopic (exact) mass is 354 g/mol. The summed E-state index contributed by atoms with van der Waals surface area (Å²) in [6, 6.07) is 0. The Kier molecular flexibility index (Phi) is 6.41. The largest absolute Gasteiger partial charge is 0.462 e. The predicted octanol–water partition coefficient (Wildman–Crippen LogP) is 4.40. The van der Waals surface area contributed by atoms with E-state index in [1.165, 1.54) is 16.9 Å². The maximum atomic E-state index is 12.5. The van der Waals surface area contributed by atoms with Crippen LogP contribution in [0.3, 0.4) is 0 Å². The van der Waals surface area contributed by atoms with Gasteiger partial charge in [-0.3, -0.25) is 0 Å². The molecule has 1 aromatic rings. The van der Waals surface area contributed by atoms with Crippen LogP contribution >= 0.6 is 23.6 Å². The van der Waals surface area contributed by atoms with Crippen LogP contribution < -0.4 is 5.32 Å². The molecule has 0 aliphatic heterocycles. The Bertz CT molecular complexity index is 579. The van der Waals surface area contributed by atoms with E-state index in [2.05, 4.69) is 31.0 Å². The number of fused-ring (bicyclic) bond motifs is 1. The first kappa shape index (κ1) is 18.2. The normalized spacial score (nSPS) is 16.6. The van der Waals surface area contributed by atoms with Gasteiger partial charge < -0.3 is 15.0 Å². The van der Waals surface area contributed by atoms with E-state index in [9.17, 15) is 4.79 Å². The number of hydrogen-bond acceptors (Lipinski definition) is 4. The molecule has 1 atom stereocenters. The first-order valence-electron chi connectivity index (χ1n) is 8.41. The molecule has 0 radical (unpaired) electrons. The van der Waals surface area contributed by atoms with Crippen LogP contribution in [0.15, 0.2) is 0 Å². The smallest absolute Gasteiger partial charge is 0.341 e. The standard InChI is InChI=1S/C17H26N2O2S2/c1-5-19(6-2)17(22)18-15-14(16(20)21-7-3)13-11(4)9-8-10-12(13)23-15/h11H,5-10H2,1-4H3,(H,18,22). The first-order valence-corrected chi connectivity index (χ1v) is 9.64. The highest BCUT2D eigenvalue weighted by Gasteiger charge is 2.30. The van der Waals surface area contributed by atoms with E-state index >= 15 is 0 Å². The lowest BCUT2D eigenvalue weighted by atomic mass is 9.86. The number of rotatable bonds is 5. The molecule has 1 aliphatic rings. The highest BCUT2D eigenvalue weighted by Crippen LogP contribution is 2.43. The Morgan fingerprint density at radius 2 is 2.09 bits per heavy atom. The molecule has 0 spiro atoms. The second-order valence-electron chi connectivity index (χ2n) is 5.76. The molecule has 6 heteroatoms. The first-order chi connectivity index (χ1) is 11.0. The van der Waals surface area contributed by atoms with E-state index in [1.54, 1.807) is 11.3 Å². The minimum absolute atomic E-state index is 0.233. The van der Waals surface area contributed by atoms with Crippen molar-refractivity contribution in [3.05, 3.63) is 16.0 Å². The molecule has 0 saturated carbocycles. The summed E-state index contributed by atoms with van der Waals surface area (Å²) in [6.45, 7) is 10.3. The van der Waals surface area contributed by atoms with Gasteiger partial charge in [-0.1, -0.05) is 6.92 Å². The number of carbonyl (C=O) groups is 1. The fraction of sp³-hybridized carbons (Fsp3) is 0.647. The molecule has 2 rings (SSSR count). The number of ether oxygens (including phenoxy) is 1. The third-order valence-corrected chi connectivity index (χ3v) is 5.85. The third-order valence-electron chi connectivity index (χ3n) is 4.31. The second-order valence-corrected chi connectivity index (χ2v) is 7.25. The minimum atomic E-state index is -0.233. The number of carbonyl (C=O) groups excluding carboxylic acids is 1. The van der Waals surface area contributed by atoms with Gasteiger partial charge in [-0.05, 0) is 63.7 Å². The number of hydrogen-bond donors (Lipinski definition) is 1. The second kappa shape index (κ2) is 8.11. The molecule has 1 unspecified atom stereocenters. The minimum Gasteiger partial charge on any atom is -0.462 e. The van der Waals surface area contributed by atoms with Gasteiger partial charge in [0.05, 0.1) is 12.2 Å². The lowest BCUT2D eigenvalue weighted by Crippen LogP contribution is -2.34. The summed E-state index contributed by atoms with van der Waals surface area (Å²) in [5.74, 6) is 0.163. The zero-order valence-electron chi connectivity index (χ0n) is 14.4. The zero-order valence-corrected chi connectivity index (χ0v) is 16.0. The van der Waals surface area contributed by atoms with E-state index in [0.29, 0.717) is 23.2 Å². The van der Waals surface area contributed by atoms with Crippen LogP contribution in [-0.4, -0.2) is 35.7 Å². The Balaban J connectivity index is 2.38. The van der Waals surface area contributed by atoms with Crippen LogP contribution in [0.4, 0.5) is 5.00 Å². The van der Waals surface area contributed by atoms with Gasteiger partial charge in [0, 0.05) is 18.0 Å². The van der Waals surface area contributed by atoms with Gasteiger partial charge >= 0.3 is 5.97 Å². The van der Waals surface area contributed by atoms with Crippen molar-refractivity contribution in [1.82, 2.24) is 4.90 Å². The molecule has 4 nitrogen and oxygen atoms in total. The van der Waals surface area contributed by atoms with Crippen LogP contribution in [0.25, 0.3) is 0 Å². The summed E-state index contributed by atoms with van der Waals surface area (Å²) < 4.78 is 5.31. The molecule has 0 fully saturated rings. The van der Waals surface area contributed by atoms with Crippen molar-refractivity contribution < 1.29 is 9.53 Å². The van der Waals surface area contributed by atoms with Crippen LogP contribution in [-0.2, 0) is 11.2 Å². The van der Waals surface area contributed by atoms with Crippen molar-refractivity contribution in [2.75, 3.05) is 25.0 Å². The fourth-order valence-corrected chi connectivity index (χ4v) is 4.87. The van der Waals surface area contributed by atoms with E-state index in [-0.39, 0.29) is 5.97 Å². The van der Waals surface area contributed by atoms with Crippen molar-refractivity contribution in [3.8, 4) is 0 Å². The van der Waals surface area contributed by atoms with Crippen LogP contribution in [0.1, 0.15) is 67.3 Å². The summed E-state index contributed by atoms with van der Waals surface area (Å²) >= 11 is 7.17. The maximum Gasteiger partial charge on any atom is 0.341 e. The summed E-state index contributed by atoms with van der Waals surface area (Å²) in [5.41, 5.74) is 1.87. The van der Waals surface area contributed by atoms with E-state index < -0.39 is 0 Å². The molecule has 1 N–H and O–H groups in total. The van der Waals surface area contributed by atoms with Crippen molar-refractivity contribution in [2.24, 2.45) is 0 Å². The Morgan fingerprint density at radius 3 is 2.70 bits per heavy atom. The number of thiocarbonyl (C=S) groups is 1. The number of thiophene rings is 1. The molecule has 0 amide bonds. The number of anilines is 1. The molecule has 1 aliphatic carbocycles. The molecular weight excluding hydrogens is 328 g/mol. The highest BCUT2D eigenvalue weighted by atomic mass is 32.1. The number of aryl methyl sites for hydroxylation is 1. The quantitative estimate of drug-likeness (QED) is 0.627. The average molecular weight is 355 g/mol. The topological polar surface area (TPSA) is 41.6 Å². The number of nitrogens with zero attached hydrogens (tertiary/aromatic N) is 1. The van der Waals surface area contributed by atoms with Crippen molar-refractivity contribution in [2.45, 2.75) is 52.9 Å². The Morgan fingerprint density at radius 1 is 1.39 bits per heavy atom. The van der Waals surface area contributed by atoms with Crippen molar-refractivity contribution in [1.29, 1.82) is 0 Å². The number of esters is 1. The summed E-state index contributed by atoms with van der Waals surface area (Å²) in [6.07, 6.45) is 3.34. The maximum absolute atomic E-state index is 12.5. The summed E-state index contributed by atoms with van der Waals surface area (Å²) in [4.78, 5) is 15.9. The lowest BCUT2D eigenvalue weighted by Gasteiger charge is -2.22. The molecule has 128 valence electrons. The molecule has 1 aromatic heterocycles. The molecule has 0 aromatic carbocycles. The molecule has 0 bridgehead atoms. The van der Waals surface area contributed by atoms with Gasteiger partial charge in [0.1, 0.15) is 5.00 Å². The number of nitrogens with one attached hydrogen (secondary N) is 1. The van der Waals surface area contributed by atoms with Gasteiger partial charge in [0.25, 0.3) is 0 Å². The Hall–Kier alpha value is -1.14. The van der Waals surface area contributed by atoms with Gasteiger partial charge in [-0.2, -0.15) is 0 Å². The predicted molar refractivity (Wildman–Crippen MR) is 101 cm³/mol. The average Bonchev–Trinajstić information content (AvgIpc) is 2.88. The Labute approximate surface area is 148 Å². The van der Waals surface area contributed by atoms with Crippen LogP contribution in [0.2, 0.25) is 0 Å². The fourth-order valence-electron chi connectivity index (χ4n) is 3.09. The SMILES string of the molecule is CCOC(=O)c1c(NC(=S)N(CC)CC)sc2c1C(C)CCC2. The summed E-state index contributed by atoms with van der Waals surface area (Å²) in [7, 11) is 0. The summed E-state index contributed by atoms with van der Waals surface area (Å²) in [5, 5.41) is 4.82. The molecular formula is C17H26N2O2S2. The van der Waals surface area contributed by atoms with Crippen LogP contribution in [0.5, 0.6) is 0 Å². The molecule has 23 heavy (non-hydrogen) atoms. The van der Waals surface area contributed by atoms with Gasteiger partial charge in [-0.15, -0.1) is 11.3 Å². The van der Waals surface area contributed by atoms with E-state index in [4.69, 9.17) is 17.0 Å². The van der Waals surface area contributed by atoms with Gasteiger partial charge in [0.15, 0.2) is 5.11 Å². The van der Waals surface area contributed by atoms with Crippen molar-refractivity contribution in [3.63, 3.8) is 0 Å². The van der Waals surface area contributed by atoms with E-state index in [0.717, 1.165) is 30.9 Å². The van der Waals surface area contributed by atoms with E-state index in [1.807, 2.05) is 6.92 Å². The third kappa shape index (κ3) is 3.86. The van der Waals surface area contributed by atoms with Gasteiger partial charge in [-0.25, -0.2) is 4.79 Å².